The van der Waals surface area contributed by atoms with E-state index < -0.39 is 8.07 Å². The van der Waals surface area contributed by atoms with E-state index >= 15 is 0 Å². The molecule has 0 aromatic heterocycles. The van der Waals surface area contributed by atoms with Crippen LogP contribution in [0.4, 0.5) is 0 Å². The van der Waals surface area contributed by atoms with E-state index in [9.17, 15) is 4.79 Å². The first-order valence-electron chi connectivity index (χ1n) is 6.69. The predicted octanol–water partition coefficient (Wildman–Crippen LogP) is 3.67. The van der Waals surface area contributed by atoms with Crippen LogP contribution in [-0.2, 0) is 4.79 Å². The molecule has 0 N–H and O–H groups in total. The van der Waals surface area contributed by atoms with Crippen molar-refractivity contribution in [3.8, 4) is 0 Å². The van der Waals surface area contributed by atoms with Crippen molar-refractivity contribution in [2.24, 2.45) is 0 Å². The molecule has 1 nitrogen and oxygen atoms in total. The molecule has 1 aliphatic carbocycles. The van der Waals surface area contributed by atoms with Crippen LogP contribution in [0.1, 0.15) is 26.2 Å². The lowest BCUT2D eigenvalue weighted by Gasteiger charge is -2.45. The summed E-state index contributed by atoms with van der Waals surface area (Å²) in [5, 5.41) is 1.79. The van der Waals surface area contributed by atoms with Crippen LogP contribution in [0.15, 0.2) is 42.0 Å². The van der Waals surface area contributed by atoms with E-state index in [1.54, 1.807) is 0 Å². The smallest absolute Gasteiger partial charge is 0.145 e. The number of hydrogen-bond donors (Lipinski definition) is 0. The zero-order valence-corrected chi connectivity index (χ0v) is 12.6. The molecule has 0 bridgehead atoms. The molecule has 1 unspecified atom stereocenters. The Kier molecular flexibility index (Phi) is 3.58. The summed E-state index contributed by atoms with van der Waals surface area (Å²) in [4.78, 5) is 11.1. The van der Waals surface area contributed by atoms with Crippen LogP contribution in [0.3, 0.4) is 0 Å². The molecule has 0 spiro atoms. The van der Waals surface area contributed by atoms with Crippen molar-refractivity contribution in [2.45, 2.75) is 44.3 Å². The molecule has 0 heterocycles. The molecule has 2 rings (SSSR count). The summed E-state index contributed by atoms with van der Waals surface area (Å²) in [7, 11) is -1.56. The number of carbonyl (C=O) groups excluding carboxylic acids is 1. The standard InChI is InChI=1S/C16H22OSi/c1-16(11-7-8-14(12-16)13-17)18(2,3)15-9-5-4-6-10-15/h4-6,8-10,13H,7,11-12H2,1-3H3. The number of carbonyl (C=O) groups is 1. The lowest BCUT2D eigenvalue weighted by Crippen LogP contribution is -2.52. The van der Waals surface area contributed by atoms with Gasteiger partial charge >= 0.3 is 0 Å². The van der Waals surface area contributed by atoms with Crippen LogP contribution in [0.25, 0.3) is 0 Å². The van der Waals surface area contributed by atoms with Crippen molar-refractivity contribution in [3.63, 3.8) is 0 Å². The van der Waals surface area contributed by atoms with E-state index in [0.717, 1.165) is 24.7 Å². The molecule has 0 radical (unpaired) electrons. The minimum atomic E-state index is -1.56. The molecule has 1 aromatic carbocycles. The SMILES string of the molecule is CC1([Si](C)(C)c2ccccc2)CCC=C(C=O)C1. The number of benzene rings is 1. The minimum Gasteiger partial charge on any atom is -0.298 e. The number of hydrogen-bond acceptors (Lipinski definition) is 1. The average Bonchev–Trinajstić information content (AvgIpc) is 2.39. The Balaban J connectivity index is 2.35. The molecule has 0 saturated heterocycles. The Hall–Kier alpha value is -1.15. The van der Waals surface area contributed by atoms with Crippen LogP contribution >= 0.6 is 0 Å². The highest BCUT2D eigenvalue weighted by Crippen LogP contribution is 2.49. The van der Waals surface area contributed by atoms with Crippen molar-refractivity contribution in [3.05, 3.63) is 42.0 Å². The third-order valence-electron chi connectivity index (χ3n) is 4.85. The summed E-state index contributed by atoms with van der Waals surface area (Å²) in [6.07, 6.45) is 6.37. The topological polar surface area (TPSA) is 17.1 Å². The fourth-order valence-electron chi connectivity index (χ4n) is 3.01. The van der Waals surface area contributed by atoms with Gasteiger partial charge in [0.05, 0.1) is 8.07 Å². The molecule has 96 valence electrons. The second-order valence-corrected chi connectivity index (χ2v) is 11.2. The first-order valence-corrected chi connectivity index (χ1v) is 9.69. The minimum absolute atomic E-state index is 0.291. The van der Waals surface area contributed by atoms with E-state index in [2.05, 4.69) is 56.4 Å². The average molecular weight is 258 g/mol. The van der Waals surface area contributed by atoms with Gasteiger partial charge in [0.1, 0.15) is 6.29 Å². The molecule has 0 amide bonds. The summed E-state index contributed by atoms with van der Waals surface area (Å²) in [5.41, 5.74) is 1.00. The van der Waals surface area contributed by atoms with Gasteiger partial charge in [-0.25, -0.2) is 0 Å². The maximum Gasteiger partial charge on any atom is 0.145 e. The summed E-state index contributed by atoms with van der Waals surface area (Å²) in [6, 6.07) is 10.9. The highest BCUT2D eigenvalue weighted by Gasteiger charge is 2.44. The second kappa shape index (κ2) is 4.85. The third-order valence-corrected chi connectivity index (χ3v) is 10.1. The van der Waals surface area contributed by atoms with Gasteiger partial charge in [-0.1, -0.05) is 61.6 Å². The van der Waals surface area contributed by atoms with Gasteiger partial charge in [0.2, 0.25) is 0 Å². The van der Waals surface area contributed by atoms with E-state index in [4.69, 9.17) is 0 Å². The maximum absolute atomic E-state index is 11.1. The van der Waals surface area contributed by atoms with Gasteiger partial charge in [-0.3, -0.25) is 4.79 Å². The highest BCUT2D eigenvalue weighted by molar-refractivity contribution is 6.92. The number of allylic oxidation sites excluding steroid dienone is 2. The van der Waals surface area contributed by atoms with Crippen molar-refractivity contribution in [2.75, 3.05) is 0 Å². The Bertz CT molecular complexity index is 461. The first kappa shape index (κ1) is 13.3. The molecule has 2 heteroatoms. The van der Waals surface area contributed by atoms with E-state index in [1.165, 1.54) is 11.6 Å². The van der Waals surface area contributed by atoms with E-state index in [1.807, 2.05) is 0 Å². The van der Waals surface area contributed by atoms with Crippen LogP contribution in [0.2, 0.25) is 18.1 Å². The fourth-order valence-corrected chi connectivity index (χ4v) is 6.15. The van der Waals surface area contributed by atoms with Crippen LogP contribution in [0, 0.1) is 0 Å². The Morgan fingerprint density at radius 1 is 1.22 bits per heavy atom. The van der Waals surface area contributed by atoms with Crippen LogP contribution < -0.4 is 5.19 Å². The second-order valence-electron chi connectivity index (χ2n) is 6.16. The lowest BCUT2D eigenvalue weighted by molar-refractivity contribution is -0.105. The fraction of sp³-hybridized carbons (Fsp3) is 0.438. The zero-order valence-electron chi connectivity index (χ0n) is 11.6. The van der Waals surface area contributed by atoms with Gasteiger partial charge in [-0.05, 0) is 29.9 Å². The van der Waals surface area contributed by atoms with Crippen molar-refractivity contribution in [1.82, 2.24) is 0 Å². The van der Waals surface area contributed by atoms with Gasteiger partial charge in [-0.15, -0.1) is 0 Å². The first-order chi connectivity index (χ1) is 8.49. The third kappa shape index (κ3) is 2.22. The van der Waals surface area contributed by atoms with Crippen molar-refractivity contribution < 1.29 is 4.79 Å². The molecule has 1 aliphatic rings. The largest absolute Gasteiger partial charge is 0.298 e. The predicted molar refractivity (Wildman–Crippen MR) is 79.9 cm³/mol. The molecule has 0 fully saturated rings. The van der Waals surface area contributed by atoms with Gasteiger partial charge in [0.15, 0.2) is 0 Å². The Labute approximate surface area is 111 Å². The molecular formula is C16H22OSi. The molecule has 1 aromatic rings. The lowest BCUT2D eigenvalue weighted by atomic mass is 9.90. The van der Waals surface area contributed by atoms with Gasteiger partial charge in [0, 0.05) is 0 Å². The van der Waals surface area contributed by atoms with E-state index in [0.29, 0.717) is 5.04 Å². The Morgan fingerprint density at radius 3 is 2.50 bits per heavy atom. The number of aldehydes is 1. The number of rotatable bonds is 3. The zero-order chi connectivity index (χ0) is 13.2. The molecule has 0 saturated carbocycles. The van der Waals surface area contributed by atoms with E-state index in [-0.39, 0.29) is 0 Å². The summed E-state index contributed by atoms with van der Waals surface area (Å²) in [6.45, 7) is 7.26. The molecule has 0 aliphatic heterocycles. The highest BCUT2D eigenvalue weighted by atomic mass is 28.3. The van der Waals surface area contributed by atoms with Crippen LogP contribution in [0.5, 0.6) is 0 Å². The summed E-state index contributed by atoms with van der Waals surface area (Å²) in [5.74, 6) is 0. The monoisotopic (exact) mass is 258 g/mol. The van der Waals surface area contributed by atoms with Crippen molar-refractivity contribution >= 4 is 19.5 Å². The Morgan fingerprint density at radius 2 is 1.89 bits per heavy atom. The maximum atomic E-state index is 11.1. The van der Waals surface area contributed by atoms with Gasteiger partial charge < -0.3 is 0 Å². The van der Waals surface area contributed by atoms with Crippen LogP contribution in [-0.4, -0.2) is 14.4 Å². The molecule has 1 atom stereocenters. The van der Waals surface area contributed by atoms with Gasteiger partial charge in [0.25, 0.3) is 0 Å². The molecular weight excluding hydrogens is 236 g/mol. The quantitative estimate of drug-likeness (QED) is 0.597. The molecule has 18 heavy (non-hydrogen) atoms. The normalized spacial score (nSPS) is 24.5. The van der Waals surface area contributed by atoms with Crippen molar-refractivity contribution in [1.29, 1.82) is 0 Å². The van der Waals surface area contributed by atoms with Gasteiger partial charge in [-0.2, -0.15) is 0 Å². The summed E-state index contributed by atoms with van der Waals surface area (Å²) < 4.78 is 0. The summed E-state index contributed by atoms with van der Waals surface area (Å²) >= 11 is 0.